The third kappa shape index (κ3) is 2.69. The number of alkyl halides is 1. The van der Waals surface area contributed by atoms with Gasteiger partial charge in [0.1, 0.15) is 5.82 Å². The van der Waals surface area contributed by atoms with Gasteiger partial charge in [0.05, 0.1) is 11.0 Å². The van der Waals surface area contributed by atoms with Gasteiger partial charge in [0.25, 0.3) is 0 Å². The molecule has 0 radical (unpaired) electrons. The van der Waals surface area contributed by atoms with Gasteiger partial charge < -0.3 is 9.47 Å². The minimum atomic E-state index is 0.534. The molecule has 0 aliphatic carbocycles. The monoisotopic (exact) mass is 305 g/mol. The van der Waals surface area contributed by atoms with Gasteiger partial charge in [0.2, 0.25) is 0 Å². The molecule has 0 amide bonds. The van der Waals surface area contributed by atoms with Crippen LogP contribution in [0.4, 0.5) is 0 Å². The molecule has 2 aromatic rings. The minimum absolute atomic E-state index is 0.534. The van der Waals surface area contributed by atoms with Crippen LogP contribution in [0.3, 0.4) is 0 Å². The van der Waals surface area contributed by atoms with Crippen LogP contribution in [0.15, 0.2) is 18.2 Å². The van der Waals surface area contributed by atoms with Gasteiger partial charge in [-0.25, -0.2) is 4.98 Å². The molecule has 0 N–H and O–H groups in total. The van der Waals surface area contributed by atoms with Gasteiger partial charge in [-0.15, -0.1) is 11.6 Å². The van der Waals surface area contributed by atoms with E-state index in [0.29, 0.717) is 17.8 Å². The van der Waals surface area contributed by atoms with E-state index < -0.39 is 0 Å². The number of hydrogen-bond acceptors (Lipinski definition) is 2. The molecule has 3 rings (SSSR count). The lowest BCUT2D eigenvalue weighted by molar-refractivity contribution is 0.159. The van der Waals surface area contributed by atoms with E-state index >= 15 is 0 Å². The Kier molecular flexibility index (Phi) is 4.23. The van der Waals surface area contributed by atoms with Crippen molar-refractivity contribution < 1.29 is 0 Å². The molecule has 1 fully saturated rings. The Hall–Kier alpha value is -1.06. The van der Waals surface area contributed by atoms with Crippen molar-refractivity contribution in [2.45, 2.75) is 32.7 Å². The van der Waals surface area contributed by atoms with Crippen LogP contribution in [0, 0.1) is 12.8 Å². The first-order valence-electron chi connectivity index (χ1n) is 7.82. The fourth-order valence-corrected chi connectivity index (χ4v) is 3.83. The van der Waals surface area contributed by atoms with E-state index in [1.54, 1.807) is 0 Å². The molecule has 2 unspecified atom stereocenters. The third-order valence-electron chi connectivity index (χ3n) is 4.71. The first kappa shape index (κ1) is 14.9. The summed E-state index contributed by atoms with van der Waals surface area (Å²) in [6.07, 6.45) is 2.03. The summed E-state index contributed by atoms with van der Waals surface area (Å²) in [7, 11) is 2.21. The average Bonchev–Trinajstić information content (AvgIpc) is 2.79. The summed E-state index contributed by atoms with van der Waals surface area (Å²) in [5.41, 5.74) is 3.67. The summed E-state index contributed by atoms with van der Waals surface area (Å²) >= 11 is 6.01. The van der Waals surface area contributed by atoms with E-state index in [1.807, 2.05) is 0 Å². The van der Waals surface area contributed by atoms with Gasteiger partial charge in [0, 0.05) is 24.9 Å². The molecule has 1 aromatic carbocycles. The maximum absolute atomic E-state index is 6.01. The largest absolute Gasteiger partial charge is 0.324 e. The van der Waals surface area contributed by atoms with Crippen molar-refractivity contribution in [2.24, 2.45) is 5.92 Å². The fourth-order valence-electron chi connectivity index (χ4n) is 3.66. The Morgan fingerprint density at radius 2 is 2.19 bits per heavy atom. The van der Waals surface area contributed by atoms with Crippen LogP contribution in [0.1, 0.15) is 30.8 Å². The van der Waals surface area contributed by atoms with E-state index in [2.05, 4.69) is 48.6 Å². The van der Waals surface area contributed by atoms with Crippen molar-refractivity contribution in [3.63, 3.8) is 0 Å². The Morgan fingerprint density at radius 1 is 1.38 bits per heavy atom. The van der Waals surface area contributed by atoms with Crippen LogP contribution < -0.4 is 0 Å². The van der Waals surface area contributed by atoms with Crippen molar-refractivity contribution in [3.05, 3.63) is 29.6 Å². The summed E-state index contributed by atoms with van der Waals surface area (Å²) in [6.45, 7) is 6.80. The van der Waals surface area contributed by atoms with E-state index in [9.17, 15) is 0 Å². The SMILES string of the molecule is Cc1cccc2c1nc(CCCl)n2C1CCN(C)CC1C. The van der Waals surface area contributed by atoms with E-state index in [-0.39, 0.29) is 0 Å². The number of para-hydroxylation sites is 1. The van der Waals surface area contributed by atoms with Crippen molar-refractivity contribution in [1.82, 2.24) is 14.5 Å². The summed E-state index contributed by atoms with van der Waals surface area (Å²) in [4.78, 5) is 7.32. The van der Waals surface area contributed by atoms with Crippen LogP contribution >= 0.6 is 11.6 Å². The van der Waals surface area contributed by atoms with Crippen LogP contribution in [-0.4, -0.2) is 40.5 Å². The zero-order valence-electron chi connectivity index (χ0n) is 13.1. The number of likely N-dealkylation sites (tertiary alicyclic amines) is 1. The zero-order valence-corrected chi connectivity index (χ0v) is 13.9. The Balaban J connectivity index is 2.11. The summed E-state index contributed by atoms with van der Waals surface area (Å²) in [6, 6.07) is 7.02. The molecule has 2 atom stereocenters. The predicted molar refractivity (Wildman–Crippen MR) is 89.2 cm³/mol. The second-order valence-corrected chi connectivity index (χ2v) is 6.75. The van der Waals surface area contributed by atoms with Gasteiger partial charge in [0.15, 0.2) is 0 Å². The van der Waals surface area contributed by atoms with E-state index in [1.165, 1.54) is 17.5 Å². The number of hydrogen-bond donors (Lipinski definition) is 0. The molecule has 114 valence electrons. The van der Waals surface area contributed by atoms with Gasteiger partial charge >= 0.3 is 0 Å². The lowest BCUT2D eigenvalue weighted by Gasteiger charge is -2.36. The van der Waals surface area contributed by atoms with Crippen LogP contribution in [0.2, 0.25) is 0 Å². The van der Waals surface area contributed by atoms with Gasteiger partial charge in [-0.2, -0.15) is 0 Å². The number of nitrogens with zero attached hydrogens (tertiary/aromatic N) is 3. The number of aromatic nitrogens is 2. The summed E-state index contributed by atoms with van der Waals surface area (Å²) in [5.74, 6) is 2.41. The maximum atomic E-state index is 6.01. The highest BCUT2D eigenvalue weighted by molar-refractivity contribution is 6.17. The molecule has 1 saturated heterocycles. The number of halogens is 1. The Bertz CT molecular complexity index is 634. The molecule has 1 aromatic heterocycles. The second kappa shape index (κ2) is 5.98. The summed E-state index contributed by atoms with van der Waals surface area (Å²) in [5, 5.41) is 0. The molecule has 0 bridgehead atoms. The third-order valence-corrected chi connectivity index (χ3v) is 4.90. The molecule has 21 heavy (non-hydrogen) atoms. The van der Waals surface area contributed by atoms with E-state index in [4.69, 9.17) is 16.6 Å². The number of imidazole rings is 1. The smallest absolute Gasteiger partial charge is 0.111 e. The number of rotatable bonds is 3. The van der Waals surface area contributed by atoms with Crippen LogP contribution in [0.25, 0.3) is 11.0 Å². The summed E-state index contributed by atoms with van der Waals surface area (Å²) < 4.78 is 2.47. The molecular weight excluding hydrogens is 282 g/mol. The second-order valence-electron chi connectivity index (χ2n) is 6.38. The highest BCUT2D eigenvalue weighted by atomic mass is 35.5. The molecule has 1 aliphatic rings. The molecule has 0 spiro atoms. The lowest BCUT2D eigenvalue weighted by atomic mass is 9.93. The van der Waals surface area contributed by atoms with Gasteiger partial charge in [-0.1, -0.05) is 19.1 Å². The first-order valence-corrected chi connectivity index (χ1v) is 8.36. The van der Waals surface area contributed by atoms with Gasteiger partial charge in [-0.3, -0.25) is 0 Å². The predicted octanol–water partition coefficient (Wildman–Crippen LogP) is 3.64. The van der Waals surface area contributed by atoms with Gasteiger partial charge in [-0.05, 0) is 44.5 Å². The highest BCUT2D eigenvalue weighted by Gasteiger charge is 2.28. The number of fused-ring (bicyclic) bond motifs is 1. The van der Waals surface area contributed by atoms with Crippen molar-refractivity contribution in [3.8, 4) is 0 Å². The number of benzene rings is 1. The topological polar surface area (TPSA) is 21.1 Å². The van der Waals surface area contributed by atoms with Crippen LogP contribution in [-0.2, 0) is 6.42 Å². The maximum Gasteiger partial charge on any atom is 0.111 e. The standard InChI is InChI=1S/C17H24ClN3/c1-12-5-4-6-15-17(12)19-16(7-9-18)21(15)14-8-10-20(3)11-13(14)2/h4-6,13-14H,7-11H2,1-3H3. The van der Waals surface area contributed by atoms with Crippen molar-refractivity contribution >= 4 is 22.6 Å². The quantitative estimate of drug-likeness (QED) is 0.807. The zero-order chi connectivity index (χ0) is 15.0. The highest BCUT2D eigenvalue weighted by Crippen LogP contribution is 2.33. The Morgan fingerprint density at radius 3 is 2.90 bits per heavy atom. The molecule has 4 heteroatoms. The average molecular weight is 306 g/mol. The van der Waals surface area contributed by atoms with Crippen LogP contribution in [0.5, 0.6) is 0 Å². The Labute approximate surface area is 131 Å². The van der Waals surface area contributed by atoms with E-state index in [0.717, 1.165) is 30.9 Å². The van der Waals surface area contributed by atoms with Crippen molar-refractivity contribution in [1.29, 1.82) is 0 Å². The molecular formula is C17H24ClN3. The lowest BCUT2D eigenvalue weighted by Crippen LogP contribution is -2.38. The number of piperidine rings is 1. The molecule has 0 saturated carbocycles. The fraction of sp³-hybridized carbons (Fsp3) is 0.588. The first-order chi connectivity index (χ1) is 10.1. The molecule has 1 aliphatic heterocycles. The minimum Gasteiger partial charge on any atom is -0.324 e. The van der Waals surface area contributed by atoms with Crippen molar-refractivity contribution in [2.75, 3.05) is 26.0 Å². The normalized spacial score (nSPS) is 23.8. The number of aryl methyl sites for hydroxylation is 2. The molecule has 3 nitrogen and oxygen atoms in total. The molecule has 2 heterocycles.